The Hall–Kier alpha value is -0.450. The van der Waals surface area contributed by atoms with Gasteiger partial charge in [0.15, 0.2) is 0 Å². The first-order chi connectivity index (χ1) is 9.19. The van der Waals surface area contributed by atoms with Gasteiger partial charge in [-0.25, -0.2) is 4.98 Å². The summed E-state index contributed by atoms with van der Waals surface area (Å²) in [7, 11) is 0. The van der Waals surface area contributed by atoms with Gasteiger partial charge in [0.1, 0.15) is 0 Å². The zero-order valence-electron chi connectivity index (χ0n) is 11.9. The molecular formula is C15H23N3S. The van der Waals surface area contributed by atoms with Crippen molar-refractivity contribution in [2.24, 2.45) is 11.8 Å². The van der Waals surface area contributed by atoms with E-state index in [1.807, 2.05) is 11.3 Å². The van der Waals surface area contributed by atoms with Crippen LogP contribution >= 0.6 is 11.3 Å². The third kappa shape index (κ3) is 2.34. The topological polar surface area (TPSA) is 19.4 Å². The molecule has 1 aromatic heterocycles. The SMILES string of the molecule is Cc1nc(C)c(CN2CC3CN(C4CC4)CC3C2)s1. The zero-order valence-corrected chi connectivity index (χ0v) is 12.7. The van der Waals surface area contributed by atoms with Crippen molar-refractivity contribution < 1.29 is 0 Å². The molecule has 0 aromatic carbocycles. The van der Waals surface area contributed by atoms with Crippen LogP contribution in [0, 0.1) is 25.7 Å². The van der Waals surface area contributed by atoms with Gasteiger partial charge >= 0.3 is 0 Å². The Bertz CT molecular complexity index is 466. The summed E-state index contributed by atoms with van der Waals surface area (Å²) >= 11 is 1.88. The molecule has 1 saturated carbocycles. The van der Waals surface area contributed by atoms with Gasteiger partial charge in [-0.1, -0.05) is 0 Å². The van der Waals surface area contributed by atoms with Crippen LogP contribution in [-0.4, -0.2) is 47.0 Å². The normalized spacial score (nSPS) is 32.1. The lowest BCUT2D eigenvalue weighted by Crippen LogP contribution is -2.29. The van der Waals surface area contributed by atoms with E-state index in [1.165, 1.54) is 54.6 Å². The molecule has 2 saturated heterocycles. The number of hydrogen-bond donors (Lipinski definition) is 0. The summed E-state index contributed by atoms with van der Waals surface area (Å²) in [6.07, 6.45) is 2.92. The van der Waals surface area contributed by atoms with Crippen LogP contribution in [0.4, 0.5) is 0 Å². The quantitative estimate of drug-likeness (QED) is 0.845. The van der Waals surface area contributed by atoms with Crippen molar-refractivity contribution in [3.63, 3.8) is 0 Å². The number of thiazole rings is 1. The van der Waals surface area contributed by atoms with Crippen LogP contribution in [-0.2, 0) is 6.54 Å². The second-order valence-corrected chi connectivity index (χ2v) is 7.93. The fourth-order valence-corrected chi connectivity index (χ4v) is 4.90. The van der Waals surface area contributed by atoms with Crippen LogP contribution in [0.25, 0.3) is 0 Å². The van der Waals surface area contributed by atoms with Gasteiger partial charge in [0, 0.05) is 43.6 Å². The predicted molar refractivity (Wildman–Crippen MR) is 78.4 cm³/mol. The molecule has 0 spiro atoms. The van der Waals surface area contributed by atoms with Gasteiger partial charge in [-0.3, -0.25) is 9.80 Å². The first kappa shape index (κ1) is 12.3. The number of aryl methyl sites for hydroxylation is 2. The van der Waals surface area contributed by atoms with E-state index in [0.717, 1.165) is 24.4 Å². The first-order valence-electron chi connectivity index (χ1n) is 7.58. The second kappa shape index (κ2) is 4.54. The first-order valence-corrected chi connectivity index (χ1v) is 8.40. The molecule has 0 bridgehead atoms. The van der Waals surface area contributed by atoms with Crippen molar-refractivity contribution in [1.29, 1.82) is 0 Å². The molecule has 2 atom stereocenters. The number of hydrogen-bond acceptors (Lipinski definition) is 4. The summed E-state index contributed by atoms with van der Waals surface area (Å²) in [5, 5.41) is 1.21. The average Bonchev–Trinajstić information content (AvgIpc) is 2.92. The van der Waals surface area contributed by atoms with Crippen molar-refractivity contribution in [3.8, 4) is 0 Å². The third-order valence-electron chi connectivity index (χ3n) is 5.02. The standard InChI is InChI=1S/C15H23N3S/c1-10-15(19-11(2)16-10)9-17-5-12-7-18(14-3-4-14)8-13(12)6-17/h12-14H,3-9H2,1-2H3. The molecule has 0 N–H and O–H groups in total. The summed E-state index contributed by atoms with van der Waals surface area (Å²) in [5.74, 6) is 1.88. The van der Waals surface area contributed by atoms with Gasteiger partial charge in [0.2, 0.25) is 0 Å². The number of nitrogens with zero attached hydrogens (tertiary/aromatic N) is 3. The fraction of sp³-hybridized carbons (Fsp3) is 0.800. The van der Waals surface area contributed by atoms with Gasteiger partial charge < -0.3 is 0 Å². The van der Waals surface area contributed by atoms with Gasteiger partial charge in [-0.2, -0.15) is 0 Å². The maximum absolute atomic E-state index is 4.55. The van der Waals surface area contributed by atoms with E-state index < -0.39 is 0 Å². The maximum Gasteiger partial charge on any atom is 0.0900 e. The molecular weight excluding hydrogens is 254 g/mol. The summed E-state index contributed by atoms with van der Waals surface area (Å²) in [6, 6.07) is 0.963. The highest BCUT2D eigenvalue weighted by molar-refractivity contribution is 7.11. The average molecular weight is 277 g/mol. The van der Waals surface area contributed by atoms with Crippen molar-refractivity contribution >= 4 is 11.3 Å². The van der Waals surface area contributed by atoms with E-state index in [0.29, 0.717) is 0 Å². The van der Waals surface area contributed by atoms with E-state index in [9.17, 15) is 0 Å². The summed E-state index contributed by atoms with van der Waals surface area (Å²) in [6.45, 7) is 10.8. The van der Waals surface area contributed by atoms with Crippen LogP contribution in [0.5, 0.6) is 0 Å². The van der Waals surface area contributed by atoms with Gasteiger partial charge in [-0.15, -0.1) is 11.3 Å². The molecule has 2 unspecified atom stereocenters. The Morgan fingerprint density at radius 2 is 1.79 bits per heavy atom. The number of likely N-dealkylation sites (tertiary alicyclic amines) is 2. The van der Waals surface area contributed by atoms with E-state index >= 15 is 0 Å². The Balaban J connectivity index is 1.37. The molecule has 2 aliphatic heterocycles. The molecule has 19 heavy (non-hydrogen) atoms. The fourth-order valence-electron chi connectivity index (χ4n) is 3.92. The maximum atomic E-state index is 4.55. The lowest BCUT2D eigenvalue weighted by Gasteiger charge is -2.20. The Labute approximate surface area is 119 Å². The Morgan fingerprint density at radius 3 is 2.32 bits per heavy atom. The molecule has 4 heteroatoms. The number of aromatic nitrogens is 1. The van der Waals surface area contributed by atoms with Crippen LogP contribution in [0.3, 0.4) is 0 Å². The van der Waals surface area contributed by atoms with E-state index in [4.69, 9.17) is 0 Å². The van der Waals surface area contributed by atoms with Crippen molar-refractivity contribution in [3.05, 3.63) is 15.6 Å². The second-order valence-electron chi connectivity index (χ2n) is 6.64. The Morgan fingerprint density at radius 1 is 1.11 bits per heavy atom. The highest BCUT2D eigenvalue weighted by Crippen LogP contribution is 2.38. The van der Waals surface area contributed by atoms with Crippen LogP contribution < -0.4 is 0 Å². The van der Waals surface area contributed by atoms with Gasteiger partial charge in [0.05, 0.1) is 10.7 Å². The van der Waals surface area contributed by atoms with Gasteiger partial charge in [-0.05, 0) is 38.5 Å². The number of rotatable bonds is 3. The minimum Gasteiger partial charge on any atom is -0.300 e. The molecule has 3 aliphatic rings. The van der Waals surface area contributed by atoms with Crippen molar-refractivity contribution in [1.82, 2.24) is 14.8 Å². The summed E-state index contributed by atoms with van der Waals surface area (Å²) in [4.78, 5) is 11.5. The lowest BCUT2D eigenvalue weighted by molar-refractivity contribution is 0.246. The molecule has 4 rings (SSSR count). The number of fused-ring (bicyclic) bond motifs is 1. The summed E-state index contributed by atoms with van der Waals surface area (Å²) in [5.41, 5.74) is 1.25. The minimum absolute atomic E-state index is 0.940. The molecule has 1 aliphatic carbocycles. The molecule has 1 aromatic rings. The smallest absolute Gasteiger partial charge is 0.0900 e. The van der Waals surface area contributed by atoms with E-state index in [-0.39, 0.29) is 0 Å². The van der Waals surface area contributed by atoms with E-state index in [2.05, 4.69) is 28.6 Å². The van der Waals surface area contributed by atoms with Gasteiger partial charge in [0.25, 0.3) is 0 Å². The minimum atomic E-state index is 0.940. The Kier molecular flexibility index (Phi) is 2.94. The van der Waals surface area contributed by atoms with Crippen LogP contribution in [0.15, 0.2) is 0 Å². The summed E-state index contributed by atoms with van der Waals surface area (Å²) < 4.78 is 0. The monoisotopic (exact) mass is 277 g/mol. The molecule has 3 nitrogen and oxygen atoms in total. The molecule has 104 valence electrons. The predicted octanol–water partition coefficient (Wildman–Crippen LogP) is 2.29. The zero-order chi connectivity index (χ0) is 13.0. The van der Waals surface area contributed by atoms with Crippen LogP contribution in [0.2, 0.25) is 0 Å². The molecule has 3 heterocycles. The van der Waals surface area contributed by atoms with Crippen molar-refractivity contribution in [2.75, 3.05) is 26.2 Å². The largest absolute Gasteiger partial charge is 0.300 e. The third-order valence-corrected chi connectivity index (χ3v) is 6.08. The highest BCUT2D eigenvalue weighted by Gasteiger charge is 2.44. The van der Waals surface area contributed by atoms with E-state index in [1.54, 1.807) is 0 Å². The van der Waals surface area contributed by atoms with Crippen LogP contribution in [0.1, 0.15) is 28.4 Å². The highest BCUT2D eigenvalue weighted by atomic mass is 32.1. The molecule has 0 radical (unpaired) electrons. The molecule has 3 fully saturated rings. The molecule has 0 amide bonds. The lowest BCUT2D eigenvalue weighted by atomic mass is 10.0. The van der Waals surface area contributed by atoms with Crippen molar-refractivity contribution in [2.45, 2.75) is 39.3 Å².